The number of nitrogens with one attached hydrogen (secondary N) is 1. The first-order valence-electron chi connectivity index (χ1n) is 11.6. The molecule has 1 aromatic heterocycles. The van der Waals surface area contributed by atoms with Crippen LogP contribution in [0.3, 0.4) is 0 Å². The molecule has 0 bridgehead atoms. The molecule has 3 aromatic rings. The van der Waals surface area contributed by atoms with E-state index in [1.165, 1.54) is 0 Å². The summed E-state index contributed by atoms with van der Waals surface area (Å²) >= 11 is 5.97. The quantitative estimate of drug-likeness (QED) is 0.451. The number of fused-ring (bicyclic) bond motifs is 1. The van der Waals surface area contributed by atoms with E-state index in [-0.39, 0.29) is 17.5 Å². The Kier molecular flexibility index (Phi) is 7.85. The van der Waals surface area contributed by atoms with Crippen molar-refractivity contribution in [3.8, 4) is 5.75 Å². The summed E-state index contributed by atoms with van der Waals surface area (Å²) in [7, 11) is 0. The van der Waals surface area contributed by atoms with Gasteiger partial charge in [-0.3, -0.25) is 14.3 Å². The third-order valence-corrected chi connectivity index (χ3v) is 6.00. The van der Waals surface area contributed by atoms with E-state index in [4.69, 9.17) is 16.3 Å². The number of halogens is 1. The van der Waals surface area contributed by atoms with E-state index in [1.54, 1.807) is 15.6 Å². The zero-order chi connectivity index (χ0) is 23.9. The van der Waals surface area contributed by atoms with Crippen LogP contribution in [0.5, 0.6) is 5.75 Å². The van der Waals surface area contributed by atoms with Crippen molar-refractivity contribution >= 4 is 23.4 Å². The molecule has 2 heterocycles. The van der Waals surface area contributed by atoms with E-state index in [0.717, 1.165) is 36.1 Å². The smallest absolute Gasteiger partial charge is 0.272 e. The number of aromatic nitrogens is 2. The first-order chi connectivity index (χ1) is 16.5. The highest BCUT2D eigenvalue weighted by atomic mass is 35.5. The van der Waals surface area contributed by atoms with Gasteiger partial charge in [-0.25, -0.2) is 0 Å². The van der Waals surface area contributed by atoms with Gasteiger partial charge in [0.05, 0.1) is 6.61 Å². The zero-order valence-corrected chi connectivity index (χ0v) is 20.1. The van der Waals surface area contributed by atoms with Crippen LogP contribution in [0.25, 0.3) is 0 Å². The summed E-state index contributed by atoms with van der Waals surface area (Å²) in [5.74, 6) is 0.390. The molecule has 1 N–H and O–H groups in total. The van der Waals surface area contributed by atoms with Crippen molar-refractivity contribution in [2.75, 3.05) is 13.2 Å². The number of hydrogen-bond acceptors (Lipinski definition) is 4. The second-order valence-electron chi connectivity index (χ2n) is 8.37. The van der Waals surface area contributed by atoms with E-state index in [1.807, 2.05) is 48.5 Å². The Hall–Kier alpha value is -3.32. The SMILES string of the molecule is CCCCOc1ccc(CNC(=O)c2cc3n(n2)CCCN(Cc2ccc(Cl)cc2)C3=O)cc1. The Morgan fingerprint density at radius 3 is 2.56 bits per heavy atom. The number of amides is 2. The van der Waals surface area contributed by atoms with Crippen LogP contribution in [0.15, 0.2) is 54.6 Å². The number of rotatable bonds is 9. The van der Waals surface area contributed by atoms with E-state index < -0.39 is 0 Å². The molecule has 178 valence electrons. The number of aryl methyl sites for hydroxylation is 1. The monoisotopic (exact) mass is 480 g/mol. The van der Waals surface area contributed by atoms with Crippen molar-refractivity contribution in [1.82, 2.24) is 20.0 Å². The van der Waals surface area contributed by atoms with Gasteiger partial charge in [-0.1, -0.05) is 49.2 Å². The summed E-state index contributed by atoms with van der Waals surface area (Å²) in [5.41, 5.74) is 2.65. The highest BCUT2D eigenvalue weighted by Crippen LogP contribution is 2.18. The maximum Gasteiger partial charge on any atom is 0.272 e. The van der Waals surface area contributed by atoms with Crippen LogP contribution in [0.2, 0.25) is 5.02 Å². The summed E-state index contributed by atoms with van der Waals surface area (Å²) in [6.45, 7) is 4.90. The molecule has 0 atom stereocenters. The summed E-state index contributed by atoms with van der Waals surface area (Å²) < 4.78 is 7.31. The molecule has 1 aliphatic heterocycles. The fourth-order valence-electron chi connectivity index (χ4n) is 3.82. The predicted octanol–water partition coefficient (Wildman–Crippen LogP) is 4.69. The molecule has 7 nitrogen and oxygen atoms in total. The molecule has 0 spiro atoms. The maximum absolute atomic E-state index is 13.1. The van der Waals surface area contributed by atoms with Gasteiger partial charge in [-0.15, -0.1) is 0 Å². The lowest BCUT2D eigenvalue weighted by Gasteiger charge is -2.20. The van der Waals surface area contributed by atoms with Gasteiger partial charge in [0, 0.05) is 37.3 Å². The van der Waals surface area contributed by atoms with Gasteiger partial charge < -0.3 is 15.0 Å². The molecule has 0 unspecified atom stereocenters. The molecule has 34 heavy (non-hydrogen) atoms. The summed E-state index contributed by atoms with van der Waals surface area (Å²) in [4.78, 5) is 27.7. The Morgan fingerprint density at radius 2 is 1.82 bits per heavy atom. The Bertz CT molecular complexity index is 1130. The molecular weight excluding hydrogens is 452 g/mol. The molecule has 4 rings (SSSR count). The molecule has 0 saturated heterocycles. The zero-order valence-electron chi connectivity index (χ0n) is 19.3. The van der Waals surface area contributed by atoms with E-state index in [9.17, 15) is 9.59 Å². The van der Waals surface area contributed by atoms with Crippen molar-refractivity contribution in [3.63, 3.8) is 0 Å². The van der Waals surface area contributed by atoms with Gasteiger partial charge in [-0.05, 0) is 48.2 Å². The lowest BCUT2D eigenvalue weighted by atomic mass is 10.2. The molecule has 8 heteroatoms. The number of nitrogens with zero attached hydrogens (tertiary/aromatic N) is 3. The minimum atomic E-state index is -0.305. The highest BCUT2D eigenvalue weighted by molar-refractivity contribution is 6.30. The van der Waals surface area contributed by atoms with Gasteiger partial charge in [0.1, 0.15) is 11.4 Å². The molecule has 0 fully saturated rings. The van der Waals surface area contributed by atoms with Crippen LogP contribution in [0, 0.1) is 0 Å². The van der Waals surface area contributed by atoms with Crippen LogP contribution in [-0.4, -0.2) is 39.6 Å². The van der Waals surface area contributed by atoms with Gasteiger partial charge >= 0.3 is 0 Å². The van der Waals surface area contributed by atoms with Crippen LogP contribution in [0.4, 0.5) is 0 Å². The first kappa shape index (κ1) is 23.8. The molecule has 0 radical (unpaired) electrons. The largest absolute Gasteiger partial charge is 0.494 e. The number of carbonyl (C=O) groups excluding carboxylic acids is 2. The summed E-state index contributed by atoms with van der Waals surface area (Å²) in [5, 5.41) is 7.95. The van der Waals surface area contributed by atoms with E-state index in [2.05, 4.69) is 17.3 Å². The molecule has 0 saturated carbocycles. The second kappa shape index (κ2) is 11.2. The number of hydrogen-bond donors (Lipinski definition) is 1. The van der Waals surface area contributed by atoms with Crippen molar-refractivity contribution in [2.45, 2.75) is 45.8 Å². The fourth-order valence-corrected chi connectivity index (χ4v) is 3.94. The van der Waals surface area contributed by atoms with Crippen LogP contribution >= 0.6 is 11.6 Å². The number of ether oxygens (including phenoxy) is 1. The van der Waals surface area contributed by atoms with Gasteiger partial charge in [0.25, 0.3) is 11.8 Å². The third-order valence-electron chi connectivity index (χ3n) is 5.75. The van der Waals surface area contributed by atoms with Crippen molar-refractivity contribution in [3.05, 3.63) is 82.1 Å². The molecular formula is C26H29ClN4O3. The summed E-state index contributed by atoms with van der Waals surface area (Å²) in [6, 6.07) is 16.7. The van der Waals surface area contributed by atoms with Crippen LogP contribution in [0.1, 0.15) is 58.3 Å². The summed E-state index contributed by atoms with van der Waals surface area (Å²) in [6.07, 6.45) is 2.88. The fraction of sp³-hybridized carbons (Fsp3) is 0.346. The van der Waals surface area contributed by atoms with Crippen molar-refractivity contribution in [2.24, 2.45) is 0 Å². The Morgan fingerprint density at radius 1 is 1.09 bits per heavy atom. The molecule has 1 aliphatic rings. The standard InChI is InChI=1S/C26H29ClN4O3/c1-2-3-15-34-22-11-7-19(8-12-22)17-28-25(32)23-16-24-26(33)30(13-4-14-31(24)29-23)18-20-5-9-21(27)10-6-20/h5-12,16H,2-4,13-15,17-18H2,1H3,(H,28,32). The number of unbranched alkanes of at least 4 members (excludes halogenated alkanes) is 1. The van der Waals surface area contributed by atoms with Crippen molar-refractivity contribution < 1.29 is 14.3 Å². The Balaban J connectivity index is 1.37. The number of carbonyl (C=O) groups is 2. The van der Waals surface area contributed by atoms with Gasteiger partial charge in [0.15, 0.2) is 5.69 Å². The second-order valence-corrected chi connectivity index (χ2v) is 8.81. The van der Waals surface area contributed by atoms with Gasteiger partial charge in [0.2, 0.25) is 0 Å². The normalized spacial score (nSPS) is 13.4. The molecule has 2 aromatic carbocycles. The lowest BCUT2D eigenvalue weighted by molar-refractivity contribution is 0.0745. The van der Waals surface area contributed by atoms with E-state index >= 15 is 0 Å². The predicted molar refractivity (Wildman–Crippen MR) is 131 cm³/mol. The van der Waals surface area contributed by atoms with Crippen LogP contribution < -0.4 is 10.1 Å². The first-order valence-corrected chi connectivity index (χ1v) is 12.0. The average molecular weight is 481 g/mol. The minimum absolute atomic E-state index is 0.127. The minimum Gasteiger partial charge on any atom is -0.494 e. The third kappa shape index (κ3) is 5.97. The Labute approximate surface area is 204 Å². The number of benzene rings is 2. The van der Waals surface area contributed by atoms with Crippen molar-refractivity contribution in [1.29, 1.82) is 0 Å². The topological polar surface area (TPSA) is 76.5 Å². The van der Waals surface area contributed by atoms with E-state index in [0.29, 0.717) is 43.5 Å². The average Bonchev–Trinajstić information content (AvgIpc) is 3.22. The van der Waals surface area contributed by atoms with Gasteiger partial charge in [-0.2, -0.15) is 5.10 Å². The molecule has 2 amide bonds. The maximum atomic E-state index is 13.1. The van der Waals surface area contributed by atoms with Crippen LogP contribution in [-0.2, 0) is 19.6 Å². The lowest BCUT2D eigenvalue weighted by Crippen LogP contribution is -2.30. The molecule has 0 aliphatic carbocycles. The highest BCUT2D eigenvalue weighted by Gasteiger charge is 2.26.